The maximum Gasteiger partial charge on any atom is 0.265 e. The fourth-order valence-corrected chi connectivity index (χ4v) is 2.79. The lowest BCUT2D eigenvalue weighted by Gasteiger charge is -2.24. The Hall–Kier alpha value is -1.31. The quantitative estimate of drug-likeness (QED) is 0.846. The molecule has 1 aromatic rings. The Labute approximate surface area is 112 Å². The molecule has 2 rings (SSSR count). The van der Waals surface area contributed by atoms with Crippen LogP contribution in [0.25, 0.3) is 0 Å². The second-order valence-electron chi connectivity index (χ2n) is 4.66. The van der Waals surface area contributed by atoms with Crippen LogP contribution < -0.4 is 5.73 Å². The van der Waals surface area contributed by atoms with Crippen LogP contribution in [0.3, 0.4) is 0 Å². The van der Waals surface area contributed by atoms with Gasteiger partial charge in [0.25, 0.3) is 5.91 Å². The largest absolute Gasteiger partial charge is 0.338 e. The first-order valence-electron chi connectivity index (χ1n) is 6.18. The molecule has 4 heteroatoms. The fourth-order valence-electron chi connectivity index (χ4n) is 1.96. The van der Waals surface area contributed by atoms with Crippen molar-refractivity contribution >= 4 is 17.2 Å². The first-order chi connectivity index (χ1) is 8.65. The molecule has 1 aliphatic rings. The Kier molecular flexibility index (Phi) is 4.05. The maximum atomic E-state index is 12.4. The summed E-state index contributed by atoms with van der Waals surface area (Å²) in [6, 6.07) is 2.20. The third kappa shape index (κ3) is 2.74. The van der Waals surface area contributed by atoms with Gasteiger partial charge in [-0.15, -0.1) is 11.3 Å². The van der Waals surface area contributed by atoms with Crippen LogP contribution in [-0.2, 0) is 0 Å². The number of thiophene rings is 1. The van der Waals surface area contributed by atoms with Crippen LogP contribution in [0, 0.1) is 17.8 Å². The molecule has 1 heterocycles. The van der Waals surface area contributed by atoms with Gasteiger partial charge in [-0.1, -0.05) is 11.8 Å². The van der Waals surface area contributed by atoms with Gasteiger partial charge in [-0.05, 0) is 37.1 Å². The van der Waals surface area contributed by atoms with Gasteiger partial charge in [0, 0.05) is 18.7 Å². The normalized spacial score (nSPS) is 15.7. The van der Waals surface area contributed by atoms with E-state index in [1.807, 2.05) is 23.4 Å². The summed E-state index contributed by atoms with van der Waals surface area (Å²) in [5.74, 6) is 6.52. The lowest BCUT2D eigenvalue weighted by Crippen LogP contribution is -2.36. The van der Waals surface area contributed by atoms with Crippen molar-refractivity contribution in [1.29, 1.82) is 0 Å². The Bertz CT molecular complexity index is 493. The number of nitrogens with two attached hydrogens (primary N) is 1. The first kappa shape index (κ1) is 13.1. The zero-order chi connectivity index (χ0) is 13.1. The lowest BCUT2D eigenvalue weighted by atomic mass is 10.1. The summed E-state index contributed by atoms with van der Waals surface area (Å²) in [6.07, 6.45) is 2.48. The predicted octanol–water partition coefficient (Wildman–Crippen LogP) is 1.93. The highest BCUT2D eigenvalue weighted by Crippen LogP contribution is 2.35. The zero-order valence-electron chi connectivity index (χ0n) is 10.8. The third-order valence-corrected chi connectivity index (χ3v) is 4.32. The molecule has 0 aromatic carbocycles. The maximum absolute atomic E-state index is 12.4. The summed E-state index contributed by atoms with van der Waals surface area (Å²) in [5, 5.41) is 1.91. The molecule has 1 unspecified atom stereocenters. The van der Waals surface area contributed by atoms with Crippen LogP contribution in [0.15, 0.2) is 11.4 Å². The molecule has 1 amide bonds. The molecular weight excluding hydrogens is 244 g/mol. The smallest absolute Gasteiger partial charge is 0.265 e. The van der Waals surface area contributed by atoms with E-state index in [-0.39, 0.29) is 5.91 Å². The van der Waals surface area contributed by atoms with Gasteiger partial charge < -0.3 is 10.6 Å². The Morgan fingerprint density at radius 1 is 1.67 bits per heavy atom. The molecular formula is C14H18N2OS. The average molecular weight is 262 g/mol. The molecule has 0 radical (unpaired) electrons. The van der Waals surface area contributed by atoms with Gasteiger partial charge in [0.05, 0.1) is 6.54 Å². The van der Waals surface area contributed by atoms with Crippen LogP contribution >= 0.6 is 11.3 Å². The third-order valence-electron chi connectivity index (χ3n) is 3.42. The minimum absolute atomic E-state index is 0.0747. The zero-order valence-corrected chi connectivity index (χ0v) is 11.6. The van der Waals surface area contributed by atoms with E-state index in [2.05, 4.69) is 18.8 Å². The Balaban J connectivity index is 2.15. The lowest BCUT2D eigenvalue weighted by molar-refractivity contribution is 0.0732. The van der Waals surface area contributed by atoms with Crippen LogP contribution in [0.2, 0.25) is 0 Å². The number of hydrogen-bond acceptors (Lipinski definition) is 3. The topological polar surface area (TPSA) is 46.3 Å². The molecule has 96 valence electrons. The first-order valence-corrected chi connectivity index (χ1v) is 7.06. The minimum Gasteiger partial charge on any atom is -0.338 e. The summed E-state index contributed by atoms with van der Waals surface area (Å²) in [5.41, 5.74) is 6.16. The SMILES string of the molecule is CC(C1CC1)N(C)C(=O)c1sccc1C#CCN. The van der Waals surface area contributed by atoms with Crippen molar-refractivity contribution in [3.05, 3.63) is 21.9 Å². The fraction of sp³-hybridized carbons (Fsp3) is 0.500. The molecule has 2 N–H and O–H groups in total. The van der Waals surface area contributed by atoms with Gasteiger partial charge in [-0.3, -0.25) is 4.79 Å². The molecule has 1 saturated carbocycles. The van der Waals surface area contributed by atoms with E-state index in [0.29, 0.717) is 18.5 Å². The monoisotopic (exact) mass is 262 g/mol. The van der Waals surface area contributed by atoms with Crippen molar-refractivity contribution in [1.82, 2.24) is 4.90 Å². The van der Waals surface area contributed by atoms with E-state index in [9.17, 15) is 4.79 Å². The van der Waals surface area contributed by atoms with E-state index in [1.165, 1.54) is 24.2 Å². The molecule has 0 saturated heterocycles. The van der Waals surface area contributed by atoms with E-state index in [0.717, 1.165) is 10.4 Å². The summed E-state index contributed by atoms with van der Waals surface area (Å²) in [7, 11) is 1.88. The van der Waals surface area contributed by atoms with Gasteiger partial charge in [-0.2, -0.15) is 0 Å². The van der Waals surface area contributed by atoms with Crippen LogP contribution in [0.4, 0.5) is 0 Å². The molecule has 3 nitrogen and oxygen atoms in total. The Morgan fingerprint density at radius 2 is 2.39 bits per heavy atom. The van der Waals surface area contributed by atoms with E-state index in [4.69, 9.17) is 5.73 Å². The number of rotatable bonds is 3. The summed E-state index contributed by atoms with van der Waals surface area (Å²) < 4.78 is 0. The van der Waals surface area contributed by atoms with Gasteiger partial charge in [0.1, 0.15) is 4.88 Å². The molecule has 0 bridgehead atoms. The van der Waals surface area contributed by atoms with Crippen molar-refractivity contribution in [2.75, 3.05) is 13.6 Å². The van der Waals surface area contributed by atoms with Crippen LogP contribution in [0.1, 0.15) is 35.0 Å². The summed E-state index contributed by atoms with van der Waals surface area (Å²) in [6.45, 7) is 2.44. The van der Waals surface area contributed by atoms with Gasteiger partial charge in [0.15, 0.2) is 0 Å². The molecule has 1 aliphatic carbocycles. The molecule has 1 aromatic heterocycles. The van der Waals surface area contributed by atoms with Crippen molar-refractivity contribution < 1.29 is 4.79 Å². The van der Waals surface area contributed by atoms with Crippen molar-refractivity contribution in [3.63, 3.8) is 0 Å². The summed E-state index contributed by atoms with van der Waals surface area (Å²) in [4.78, 5) is 15.0. The van der Waals surface area contributed by atoms with Crippen molar-refractivity contribution in [2.45, 2.75) is 25.8 Å². The molecule has 1 atom stereocenters. The number of hydrogen-bond donors (Lipinski definition) is 1. The number of amides is 1. The minimum atomic E-state index is 0.0747. The number of carbonyl (C=O) groups excluding carboxylic acids is 1. The highest BCUT2D eigenvalue weighted by molar-refractivity contribution is 7.12. The van der Waals surface area contributed by atoms with E-state index >= 15 is 0 Å². The number of carbonyl (C=O) groups is 1. The van der Waals surface area contributed by atoms with Crippen molar-refractivity contribution in [3.8, 4) is 11.8 Å². The predicted molar refractivity (Wildman–Crippen MR) is 74.5 cm³/mol. The molecule has 0 aliphatic heterocycles. The summed E-state index contributed by atoms with van der Waals surface area (Å²) >= 11 is 1.45. The second-order valence-corrected chi connectivity index (χ2v) is 5.58. The van der Waals surface area contributed by atoms with Gasteiger partial charge in [0.2, 0.25) is 0 Å². The Morgan fingerprint density at radius 3 is 3.00 bits per heavy atom. The van der Waals surface area contributed by atoms with E-state index in [1.54, 1.807) is 0 Å². The van der Waals surface area contributed by atoms with Crippen molar-refractivity contribution in [2.24, 2.45) is 11.7 Å². The molecule has 18 heavy (non-hydrogen) atoms. The van der Waals surface area contributed by atoms with E-state index < -0.39 is 0 Å². The highest BCUT2D eigenvalue weighted by atomic mass is 32.1. The second kappa shape index (κ2) is 5.55. The highest BCUT2D eigenvalue weighted by Gasteiger charge is 2.33. The van der Waals surface area contributed by atoms with Crippen LogP contribution in [-0.4, -0.2) is 30.4 Å². The van der Waals surface area contributed by atoms with Crippen LogP contribution in [0.5, 0.6) is 0 Å². The molecule has 0 spiro atoms. The van der Waals surface area contributed by atoms with Gasteiger partial charge >= 0.3 is 0 Å². The standard InChI is InChI=1S/C14H18N2OS/c1-10(11-5-6-11)16(2)14(17)13-12(4-3-8-15)7-9-18-13/h7,9-11H,5-6,8,15H2,1-2H3. The molecule has 1 fully saturated rings. The number of nitrogens with zero attached hydrogens (tertiary/aromatic N) is 1. The van der Waals surface area contributed by atoms with Gasteiger partial charge in [-0.25, -0.2) is 0 Å². The average Bonchev–Trinajstić information content (AvgIpc) is 3.12.